The van der Waals surface area contributed by atoms with Gasteiger partial charge < -0.3 is 4.42 Å². The fourth-order valence-corrected chi connectivity index (χ4v) is 6.03. The van der Waals surface area contributed by atoms with Crippen molar-refractivity contribution in [3.63, 3.8) is 0 Å². The van der Waals surface area contributed by atoms with E-state index in [1.807, 2.05) is 48.8 Å². The van der Waals surface area contributed by atoms with Gasteiger partial charge in [-0.2, -0.15) is 0 Å². The van der Waals surface area contributed by atoms with Gasteiger partial charge >= 0.3 is 0 Å². The zero-order valence-electron chi connectivity index (χ0n) is 24.2. The number of furan rings is 1. The van der Waals surface area contributed by atoms with Crippen molar-refractivity contribution >= 4 is 27.6 Å². The van der Waals surface area contributed by atoms with Crippen LogP contribution in [0.2, 0.25) is 0 Å². The van der Waals surface area contributed by atoms with E-state index in [0.29, 0.717) is 5.69 Å². The van der Waals surface area contributed by atoms with Gasteiger partial charge in [0.15, 0.2) is 5.69 Å². The number of benzene rings is 5. The number of nitrogens with zero attached hydrogens (tertiary/aromatic N) is 3. The summed E-state index contributed by atoms with van der Waals surface area (Å²) in [6.07, 6.45) is 7.38. The van der Waals surface area contributed by atoms with Gasteiger partial charge in [-0.05, 0) is 63.7 Å². The molecule has 8 aromatic rings. The van der Waals surface area contributed by atoms with Gasteiger partial charge in [0.1, 0.15) is 11.2 Å². The van der Waals surface area contributed by atoms with Crippen molar-refractivity contribution in [2.45, 2.75) is 0 Å². The first-order chi connectivity index (χ1) is 22.2. The Hall–Kier alpha value is -6.31. The van der Waals surface area contributed by atoms with E-state index < -0.39 is 0 Å². The number of fused-ring (bicyclic) bond motifs is 3. The third kappa shape index (κ3) is 4.83. The number of para-hydroxylation sites is 2. The fourth-order valence-electron chi connectivity index (χ4n) is 6.03. The van der Waals surface area contributed by atoms with Gasteiger partial charge in [-0.15, -0.1) is 0 Å². The number of hydrogen-bond acceptors (Lipinski definition) is 3. The molecule has 0 saturated carbocycles. The average Bonchev–Trinajstić information content (AvgIpc) is 3.52. The van der Waals surface area contributed by atoms with Crippen molar-refractivity contribution in [3.8, 4) is 55.6 Å². The molecule has 0 unspecified atom stereocenters. The molecule has 0 radical (unpaired) electrons. The molecule has 0 aliphatic carbocycles. The predicted octanol–water partition coefficient (Wildman–Crippen LogP) is 11.3. The molecule has 5 aromatic carbocycles. The van der Waals surface area contributed by atoms with Crippen LogP contribution in [-0.4, -0.2) is 9.97 Å². The first kappa shape index (κ1) is 26.3. The van der Waals surface area contributed by atoms with Crippen LogP contribution in [-0.2, 0) is 0 Å². The molecule has 210 valence electrons. The van der Waals surface area contributed by atoms with Crippen LogP contribution in [0.5, 0.6) is 0 Å². The van der Waals surface area contributed by atoms with Crippen molar-refractivity contribution in [1.82, 2.24) is 9.97 Å². The van der Waals surface area contributed by atoms with Crippen molar-refractivity contribution in [2.75, 3.05) is 0 Å². The normalized spacial score (nSPS) is 11.1. The van der Waals surface area contributed by atoms with Gasteiger partial charge in [0.2, 0.25) is 0 Å². The van der Waals surface area contributed by atoms with E-state index in [4.69, 9.17) is 11.0 Å². The summed E-state index contributed by atoms with van der Waals surface area (Å²) in [6.45, 7) is 7.21. The van der Waals surface area contributed by atoms with Gasteiger partial charge in [0, 0.05) is 57.8 Å². The molecule has 0 aliphatic rings. The Kier molecular flexibility index (Phi) is 6.48. The van der Waals surface area contributed by atoms with Gasteiger partial charge in [-0.1, -0.05) is 97.1 Å². The summed E-state index contributed by atoms with van der Waals surface area (Å²) in [7, 11) is 0. The molecular weight excluding hydrogens is 550 g/mol. The smallest absolute Gasteiger partial charge is 0.187 e. The number of aromatic nitrogens is 2. The Labute approximate surface area is 260 Å². The summed E-state index contributed by atoms with van der Waals surface area (Å²) < 4.78 is 6.80. The van der Waals surface area contributed by atoms with Crippen LogP contribution < -0.4 is 0 Å². The molecule has 4 heteroatoms. The van der Waals surface area contributed by atoms with Crippen LogP contribution >= 0.6 is 0 Å². The average molecular weight is 576 g/mol. The highest BCUT2D eigenvalue weighted by atomic mass is 16.3. The summed E-state index contributed by atoms with van der Waals surface area (Å²) in [5.41, 5.74) is 13.0. The van der Waals surface area contributed by atoms with E-state index in [1.54, 1.807) is 12.4 Å². The Morgan fingerprint density at radius 2 is 0.933 bits per heavy atom. The van der Waals surface area contributed by atoms with Crippen molar-refractivity contribution < 1.29 is 4.42 Å². The summed E-state index contributed by atoms with van der Waals surface area (Å²) in [4.78, 5) is 12.2. The summed E-state index contributed by atoms with van der Waals surface area (Å²) in [6, 6.07) is 43.7. The summed E-state index contributed by atoms with van der Waals surface area (Å²) >= 11 is 0. The van der Waals surface area contributed by atoms with Gasteiger partial charge in [0.25, 0.3) is 0 Å². The van der Waals surface area contributed by atoms with E-state index >= 15 is 0 Å². The molecule has 0 spiro atoms. The lowest BCUT2D eigenvalue weighted by Gasteiger charge is -2.11. The third-order valence-electron chi connectivity index (χ3n) is 8.28. The first-order valence-electron chi connectivity index (χ1n) is 14.7. The van der Waals surface area contributed by atoms with Crippen LogP contribution in [0.4, 0.5) is 5.69 Å². The lowest BCUT2D eigenvalue weighted by molar-refractivity contribution is 0.671. The lowest BCUT2D eigenvalue weighted by Crippen LogP contribution is -1.87. The van der Waals surface area contributed by atoms with Gasteiger partial charge in [0.05, 0.1) is 6.57 Å². The largest absolute Gasteiger partial charge is 0.455 e. The van der Waals surface area contributed by atoms with Crippen LogP contribution in [0.1, 0.15) is 0 Å². The quantitative estimate of drug-likeness (QED) is 0.192. The molecule has 4 nitrogen and oxygen atoms in total. The molecule has 0 atom stereocenters. The SMILES string of the molecule is [C-]#[N+]c1ccc(-c2ccc(-c3cccc4c3oc3c(-c5cc(-c6cccnc6)cc(-c6cccnc6)c5)cccc34)cc2)cc1. The second-order valence-electron chi connectivity index (χ2n) is 11.0. The maximum atomic E-state index is 7.21. The minimum atomic E-state index is 0.642. The highest BCUT2D eigenvalue weighted by Gasteiger charge is 2.17. The molecule has 0 aliphatic heterocycles. The molecule has 45 heavy (non-hydrogen) atoms. The van der Waals surface area contributed by atoms with Crippen molar-refractivity contribution in [2.24, 2.45) is 0 Å². The monoisotopic (exact) mass is 575 g/mol. The van der Waals surface area contributed by atoms with Gasteiger partial charge in [-0.25, -0.2) is 4.85 Å². The van der Waals surface area contributed by atoms with Crippen LogP contribution in [0, 0.1) is 6.57 Å². The molecule has 0 saturated heterocycles. The van der Waals surface area contributed by atoms with E-state index in [2.05, 4.69) is 106 Å². The number of rotatable bonds is 5. The Morgan fingerprint density at radius 3 is 1.44 bits per heavy atom. The highest BCUT2D eigenvalue weighted by molar-refractivity contribution is 6.13. The van der Waals surface area contributed by atoms with E-state index in [-0.39, 0.29) is 0 Å². The fraction of sp³-hybridized carbons (Fsp3) is 0. The van der Waals surface area contributed by atoms with E-state index in [1.165, 1.54) is 0 Å². The second-order valence-corrected chi connectivity index (χ2v) is 11.0. The van der Waals surface area contributed by atoms with Gasteiger partial charge in [-0.3, -0.25) is 9.97 Å². The second kappa shape index (κ2) is 11.1. The molecule has 3 aromatic heterocycles. The van der Waals surface area contributed by atoms with Crippen LogP contribution in [0.25, 0.3) is 82.4 Å². The minimum absolute atomic E-state index is 0.642. The number of hydrogen-bond donors (Lipinski definition) is 0. The zero-order chi connectivity index (χ0) is 30.2. The molecule has 0 fully saturated rings. The lowest BCUT2D eigenvalue weighted by atomic mass is 9.93. The minimum Gasteiger partial charge on any atom is -0.455 e. The highest BCUT2D eigenvalue weighted by Crippen LogP contribution is 2.42. The molecule has 0 N–H and O–H groups in total. The molecule has 8 rings (SSSR count). The maximum absolute atomic E-state index is 7.21. The maximum Gasteiger partial charge on any atom is 0.187 e. The Balaban J connectivity index is 1.26. The summed E-state index contributed by atoms with van der Waals surface area (Å²) in [5, 5.41) is 2.16. The zero-order valence-corrected chi connectivity index (χ0v) is 24.2. The summed E-state index contributed by atoms with van der Waals surface area (Å²) in [5.74, 6) is 0. The van der Waals surface area contributed by atoms with Crippen LogP contribution in [0.15, 0.2) is 157 Å². The van der Waals surface area contributed by atoms with E-state index in [0.717, 1.165) is 77.6 Å². The van der Waals surface area contributed by atoms with Crippen LogP contribution in [0.3, 0.4) is 0 Å². The topological polar surface area (TPSA) is 43.3 Å². The van der Waals surface area contributed by atoms with Crippen molar-refractivity contribution in [3.05, 3.63) is 164 Å². The molecule has 0 amide bonds. The number of pyridine rings is 2. The molecule has 3 heterocycles. The first-order valence-corrected chi connectivity index (χ1v) is 14.7. The third-order valence-corrected chi connectivity index (χ3v) is 8.28. The Bertz CT molecular complexity index is 2290. The predicted molar refractivity (Wildman–Crippen MR) is 183 cm³/mol. The van der Waals surface area contributed by atoms with Crippen molar-refractivity contribution in [1.29, 1.82) is 0 Å². The molecular formula is C41H25N3O. The van der Waals surface area contributed by atoms with E-state index in [9.17, 15) is 0 Å². The molecule has 0 bridgehead atoms. The Morgan fingerprint density at radius 1 is 0.444 bits per heavy atom. The standard InChI is InChI=1S/C41H25N3O/c1-42-35-18-16-28(17-19-35)27-12-14-29(15-13-27)36-8-2-10-38-39-11-3-9-37(41(39)45-40(36)38)34-23-32(30-6-4-20-43-25-30)22-33(24-34)31-7-5-21-44-26-31/h2-26H.